The van der Waals surface area contributed by atoms with E-state index in [-0.39, 0.29) is 41.7 Å². The number of pyridine rings is 1. The molecule has 0 aliphatic heterocycles. The average molecular weight is 608 g/mol. The third-order valence-corrected chi connectivity index (χ3v) is 6.55. The van der Waals surface area contributed by atoms with Crippen LogP contribution >= 0.6 is 0 Å². The Kier molecular flexibility index (Phi) is 9.98. The second-order valence-corrected chi connectivity index (χ2v) is 9.84. The fourth-order valence-corrected chi connectivity index (χ4v) is 4.41. The van der Waals surface area contributed by atoms with Gasteiger partial charge in [0.05, 0.1) is 17.8 Å². The Hall–Kier alpha value is -5.21. The SMILES string of the molecule is C=NN(C(=O)/C(=C\C)C(=O)Nc1ccc(Oc2ccnc3[nH]nc(NC(C)(CCO)COC)c23)c(F)c1)c1ccc(F)cc1. The van der Waals surface area contributed by atoms with Crippen molar-refractivity contribution in [3.05, 3.63) is 78.0 Å². The van der Waals surface area contributed by atoms with E-state index in [1.165, 1.54) is 43.5 Å². The van der Waals surface area contributed by atoms with Crippen molar-refractivity contribution in [1.82, 2.24) is 15.2 Å². The number of anilines is 3. The summed E-state index contributed by atoms with van der Waals surface area (Å²) in [4.78, 5) is 30.3. The first-order chi connectivity index (χ1) is 21.1. The first kappa shape index (κ1) is 31.7. The summed E-state index contributed by atoms with van der Waals surface area (Å²) < 4.78 is 39.8. The lowest BCUT2D eigenvalue weighted by Gasteiger charge is -2.29. The van der Waals surface area contributed by atoms with E-state index in [9.17, 15) is 19.1 Å². The van der Waals surface area contributed by atoms with Crippen LogP contribution < -0.4 is 20.4 Å². The molecule has 44 heavy (non-hydrogen) atoms. The average Bonchev–Trinajstić information content (AvgIpc) is 3.39. The number of carbonyl (C=O) groups is 2. The van der Waals surface area contributed by atoms with Crippen LogP contribution in [0.1, 0.15) is 20.3 Å². The van der Waals surface area contributed by atoms with Crippen molar-refractivity contribution in [3.8, 4) is 11.5 Å². The summed E-state index contributed by atoms with van der Waals surface area (Å²) in [6.45, 7) is 6.88. The van der Waals surface area contributed by atoms with E-state index in [4.69, 9.17) is 9.47 Å². The molecule has 2 aromatic heterocycles. The number of methoxy groups -OCH3 is 1. The summed E-state index contributed by atoms with van der Waals surface area (Å²) in [5.74, 6) is -2.50. The van der Waals surface area contributed by atoms with E-state index in [1.54, 1.807) is 13.2 Å². The van der Waals surface area contributed by atoms with Crippen LogP contribution in [-0.2, 0) is 14.3 Å². The van der Waals surface area contributed by atoms with Gasteiger partial charge in [0.1, 0.15) is 22.5 Å². The number of fused-ring (bicyclic) bond motifs is 1. The van der Waals surface area contributed by atoms with Crippen LogP contribution in [0.3, 0.4) is 0 Å². The smallest absolute Gasteiger partial charge is 0.283 e. The Morgan fingerprint density at radius 3 is 2.57 bits per heavy atom. The van der Waals surface area contributed by atoms with Gasteiger partial charge in [0, 0.05) is 44.5 Å². The number of aromatic nitrogens is 3. The molecule has 4 aromatic rings. The number of H-pyrrole nitrogens is 1. The van der Waals surface area contributed by atoms with E-state index in [1.807, 2.05) is 6.92 Å². The third kappa shape index (κ3) is 7.04. The first-order valence-corrected chi connectivity index (χ1v) is 13.4. The minimum atomic E-state index is -0.826. The topological polar surface area (TPSA) is 154 Å². The fraction of sp³-hybridized carbons (Fsp3) is 0.233. The Balaban J connectivity index is 1.53. The second-order valence-electron chi connectivity index (χ2n) is 9.84. The highest BCUT2D eigenvalue weighted by Gasteiger charge is 2.27. The number of rotatable bonds is 13. The molecule has 1 unspecified atom stereocenters. The Morgan fingerprint density at radius 1 is 1.18 bits per heavy atom. The number of hydrogen-bond donors (Lipinski definition) is 4. The van der Waals surface area contributed by atoms with Crippen molar-refractivity contribution < 1.29 is 33.0 Å². The van der Waals surface area contributed by atoms with E-state index in [0.29, 0.717) is 23.3 Å². The number of halogens is 2. The summed E-state index contributed by atoms with van der Waals surface area (Å²) in [6.07, 6.45) is 3.11. The predicted molar refractivity (Wildman–Crippen MR) is 162 cm³/mol. The maximum Gasteiger partial charge on any atom is 0.283 e. The number of benzene rings is 2. The van der Waals surface area contributed by atoms with Crippen molar-refractivity contribution in [2.24, 2.45) is 5.10 Å². The molecule has 0 fully saturated rings. The van der Waals surface area contributed by atoms with E-state index in [0.717, 1.165) is 23.2 Å². The lowest BCUT2D eigenvalue weighted by atomic mass is 9.99. The minimum Gasteiger partial charge on any atom is -0.453 e. The highest BCUT2D eigenvalue weighted by Crippen LogP contribution is 2.36. The molecule has 0 spiro atoms. The Labute approximate surface area is 251 Å². The van der Waals surface area contributed by atoms with Gasteiger partial charge < -0.3 is 25.2 Å². The van der Waals surface area contributed by atoms with Gasteiger partial charge in [-0.1, -0.05) is 6.08 Å². The number of nitrogens with one attached hydrogen (secondary N) is 3. The van der Waals surface area contributed by atoms with Crippen molar-refractivity contribution in [3.63, 3.8) is 0 Å². The van der Waals surface area contributed by atoms with Crippen LogP contribution in [0.5, 0.6) is 11.5 Å². The van der Waals surface area contributed by atoms with Crippen LogP contribution in [0, 0.1) is 11.6 Å². The molecule has 4 N–H and O–H groups in total. The van der Waals surface area contributed by atoms with Crippen LogP contribution in [-0.4, -0.2) is 64.7 Å². The molecule has 0 aliphatic rings. The summed E-state index contributed by atoms with van der Waals surface area (Å²) in [7, 11) is 1.54. The van der Waals surface area contributed by atoms with E-state index < -0.39 is 29.0 Å². The molecular weight excluding hydrogens is 576 g/mol. The molecule has 0 saturated carbocycles. The molecule has 230 valence electrons. The normalized spacial score (nSPS) is 12.8. The molecule has 4 rings (SSSR count). The molecule has 0 bridgehead atoms. The molecular formula is C30H31F2N7O5. The molecule has 0 aliphatic carbocycles. The number of nitrogens with zero attached hydrogens (tertiary/aromatic N) is 4. The maximum absolute atomic E-state index is 15.2. The number of aliphatic hydroxyl groups is 1. The Morgan fingerprint density at radius 2 is 1.93 bits per heavy atom. The van der Waals surface area contributed by atoms with E-state index >= 15 is 4.39 Å². The van der Waals surface area contributed by atoms with Gasteiger partial charge in [0.25, 0.3) is 11.8 Å². The molecule has 2 heterocycles. The van der Waals surface area contributed by atoms with Crippen molar-refractivity contribution in [2.45, 2.75) is 25.8 Å². The highest BCUT2D eigenvalue weighted by molar-refractivity contribution is 6.26. The van der Waals surface area contributed by atoms with Gasteiger partial charge in [0.15, 0.2) is 23.0 Å². The molecule has 1 atom stereocenters. The number of aromatic amines is 1. The number of ether oxygens (including phenoxy) is 2. The zero-order valence-electron chi connectivity index (χ0n) is 24.2. The van der Waals surface area contributed by atoms with Gasteiger partial charge in [-0.2, -0.15) is 15.2 Å². The summed E-state index contributed by atoms with van der Waals surface area (Å²) >= 11 is 0. The number of hydrazone groups is 1. The quantitative estimate of drug-likeness (QED) is 0.0558. The number of carbonyl (C=O) groups excluding carboxylic acids is 2. The first-order valence-electron chi connectivity index (χ1n) is 13.4. The molecule has 0 radical (unpaired) electrons. The van der Waals surface area contributed by atoms with Gasteiger partial charge in [-0.05, 0) is 56.7 Å². The lowest BCUT2D eigenvalue weighted by Crippen LogP contribution is -2.40. The van der Waals surface area contributed by atoms with Gasteiger partial charge in [-0.15, -0.1) is 0 Å². The van der Waals surface area contributed by atoms with Crippen molar-refractivity contribution in [1.29, 1.82) is 0 Å². The highest BCUT2D eigenvalue weighted by atomic mass is 19.1. The standard InChI is InChI=1S/C30H31F2N7O5/c1-5-21(29(42)39(33-3)20-9-6-18(31)7-10-20)28(41)35-19-8-11-23(22(32)16-19)44-24-12-14-34-26-25(24)27(38-37-26)36-30(2,13-15-40)17-43-4/h5-12,14,16,40H,3,13,15,17H2,1-2,4H3,(H,35,41)(H2,34,36,37,38)/b21-5-. The van der Waals surface area contributed by atoms with Crippen LogP contribution in [0.4, 0.5) is 26.0 Å². The van der Waals surface area contributed by atoms with Gasteiger partial charge in [0.2, 0.25) is 0 Å². The number of hydrogen-bond acceptors (Lipinski definition) is 9. The maximum atomic E-state index is 15.2. The molecule has 0 saturated heterocycles. The second kappa shape index (κ2) is 13.8. The summed E-state index contributed by atoms with van der Waals surface area (Å²) in [6, 6.07) is 10.2. The van der Waals surface area contributed by atoms with Gasteiger partial charge >= 0.3 is 0 Å². The zero-order chi connectivity index (χ0) is 31.9. The van der Waals surface area contributed by atoms with Crippen LogP contribution in [0.2, 0.25) is 0 Å². The van der Waals surface area contributed by atoms with Gasteiger partial charge in [-0.25, -0.2) is 13.8 Å². The summed E-state index contributed by atoms with van der Waals surface area (Å²) in [5, 5.41) is 27.3. The number of aliphatic hydroxyl groups excluding tert-OH is 1. The molecule has 12 nitrogen and oxygen atoms in total. The zero-order valence-corrected chi connectivity index (χ0v) is 24.2. The monoisotopic (exact) mass is 607 g/mol. The van der Waals surface area contributed by atoms with Crippen LogP contribution in [0.25, 0.3) is 11.0 Å². The Bertz CT molecular complexity index is 1690. The summed E-state index contributed by atoms with van der Waals surface area (Å²) in [5.41, 5.74) is -0.344. The predicted octanol–water partition coefficient (Wildman–Crippen LogP) is 4.76. The van der Waals surface area contributed by atoms with E-state index in [2.05, 4.69) is 37.6 Å². The molecule has 2 amide bonds. The third-order valence-electron chi connectivity index (χ3n) is 6.55. The fourth-order valence-electron chi connectivity index (χ4n) is 4.41. The number of amides is 2. The molecule has 2 aromatic carbocycles. The lowest BCUT2D eigenvalue weighted by molar-refractivity contribution is -0.119. The number of allylic oxidation sites excluding steroid dienone is 1. The van der Waals surface area contributed by atoms with Crippen molar-refractivity contribution in [2.75, 3.05) is 36.0 Å². The van der Waals surface area contributed by atoms with Gasteiger partial charge in [-0.3, -0.25) is 14.7 Å². The van der Waals surface area contributed by atoms with Crippen LogP contribution in [0.15, 0.2) is 71.5 Å². The largest absolute Gasteiger partial charge is 0.453 e. The minimum absolute atomic E-state index is 0.0526. The molecule has 14 heteroatoms. The van der Waals surface area contributed by atoms with Crippen molar-refractivity contribution >= 4 is 46.8 Å².